The average molecular weight is 449 g/mol. The van der Waals surface area contributed by atoms with Crippen molar-refractivity contribution in [3.05, 3.63) is 51.4 Å². The molecule has 5 rings (SSSR count). The van der Waals surface area contributed by atoms with E-state index in [1.165, 1.54) is 23.9 Å². The predicted molar refractivity (Wildman–Crippen MR) is 117 cm³/mol. The molecule has 0 amide bonds. The molecular weight excluding hydrogens is 430 g/mol. The van der Waals surface area contributed by atoms with E-state index in [9.17, 15) is 13.6 Å². The van der Waals surface area contributed by atoms with Crippen LogP contribution in [0.4, 0.5) is 14.6 Å². The van der Waals surface area contributed by atoms with E-state index in [1.54, 1.807) is 10.6 Å². The summed E-state index contributed by atoms with van der Waals surface area (Å²) < 4.78 is 29.8. The molecule has 30 heavy (non-hydrogen) atoms. The number of halogens is 3. The van der Waals surface area contributed by atoms with Crippen LogP contribution in [0.2, 0.25) is 5.02 Å². The third-order valence-electron chi connectivity index (χ3n) is 5.69. The van der Waals surface area contributed by atoms with Gasteiger partial charge in [0.1, 0.15) is 17.5 Å². The van der Waals surface area contributed by atoms with Gasteiger partial charge in [0.15, 0.2) is 0 Å². The van der Waals surface area contributed by atoms with Crippen LogP contribution >= 0.6 is 23.4 Å². The number of benzene rings is 2. The molecule has 0 unspecified atom stereocenters. The number of aromatic nitrogens is 2. The highest BCUT2D eigenvalue weighted by atomic mass is 35.5. The van der Waals surface area contributed by atoms with Crippen LogP contribution < -0.4 is 15.9 Å². The van der Waals surface area contributed by atoms with Gasteiger partial charge in [-0.3, -0.25) is 4.57 Å². The number of hydrogen-bond donors (Lipinski definition) is 1. The van der Waals surface area contributed by atoms with Gasteiger partial charge in [0.25, 0.3) is 0 Å². The molecule has 1 N–H and O–H groups in total. The molecule has 2 aromatic carbocycles. The standard InChI is InChI=1S/C21H19ClF2N4OS/c1-11-10-25-4-5-27(11)20-14-9-15(22)17(13-3-2-12(23)8-16(13)24)19-18(14)28(6-7-30-19)21(29)26-20/h2-3,8-9,11,25H,4-7,10H2,1H3/t11-/m1/s1. The van der Waals surface area contributed by atoms with E-state index >= 15 is 0 Å². The molecule has 156 valence electrons. The minimum atomic E-state index is -0.683. The van der Waals surface area contributed by atoms with Gasteiger partial charge in [-0.05, 0) is 25.1 Å². The van der Waals surface area contributed by atoms with Gasteiger partial charge in [-0.1, -0.05) is 11.6 Å². The average Bonchev–Trinajstić information content (AvgIpc) is 2.72. The minimum absolute atomic E-state index is 0.164. The number of anilines is 1. The fourth-order valence-electron chi connectivity index (χ4n) is 4.27. The molecule has 1 saturated heterocycles. The zero-order valence-corrected chi connectivity index (χ0v) is 17.8. The SMILES string of the molecule is C[C@@H]1CNCCN1c1nc(=O)n2c3c(c(-c4ccc(F)cc4F)c(Cl)cc13)SCC2. The summed E-state index contributed by atoms with van der Waals surface area (Å²) in [6.45, 7) is 4.91. The Balaban J connectivity index is 1.84. The molecule has 1 atom stereocenters. The van der Waals surface area contributed by atoms with Crippen molar-refractivity contribution < 1.29 is 8.78 Å². The first kappa shape index (κ1) is 19.8. The van der Waals surface area contributed by atoms with Crippen molar-refractivity contribution >= 4 is 40.1 Å². The predicted octanol–water partition coefficient (Wildman–Crippen LogP) is 3.90. The van der Waals surface area contributed by atoms with Crippen LogP contribution in [-0.4, -0.2) is 41.0 Å². The number of nitrogens with zero attached hydrogens (tertiary/aromatic N) is 3. The van der Waals surface area contributed by atoms with E-state index in [0.717, 1.165) is 41.5 Å². The van der Waals surface area contributed by atoms with Crippen molar-refractivity contribution in [1.29, 1.82) is 0 Å². The van der Waals surface area contributed by atoms with E-state index in [4.69, 9.17) is 11.6 Å². The molecule has 2 aliphatic rings. The normalized spacial score (nSPS) is 18.8. The fourth-order valence-corrected chi connectivity index (χ4v) is 5.83. The van der Waals surface area contributed by atoms with Gasteiger partial charge in [0.2, 0.25) is 0 Å². The lowest BCUT2D eigenvalue weighted by Crippen LogP contribution is -2.51. The third kappa shape index (κ3) is 3.09. The van der Waals surface area contributed by atoms with Gasteiger partial charge in [0, 0.05) is 65.4 Å². The van der Waals surface area contributed by atoms with Gasteiger partial charge in [-0.15, -0.1) is 11.8 Å². The van der Waals surface area contributed by atoms with Crippen molar-refractivity contribution in [2.24, 2.45) is 0 Å². The van der Waals surface area contributed by atoms with Crippen molar-refractivity contribution in [2.75, 3.05) is 30.3 Å². The van der Waals surface area contributed by atoms with Crippen molar-refractivity contribution in [3.63, 3.8) is 0 Å². The Kier molecular flexibility index (Phi) is 4.95. The lowest BCUT2D eigenvalue weighted by Gasteiger charge is -2.36. The van der Waals surface area contributed by atoms with E-state index in [2.05, 4.69) is 22.1 Å². The minimum Gasteiger partial charge on any atom is -0.351 e. The molecule has 0 spiro atoms. The molecule has 0 saturated carbocycles. The number of hydrogen-bond acceptors (Lipinski definition) is 5. The Morgan fingerprint density at radius 3 is 2.87 bits per heavy atom. The summed E-state index contributed by atoms with van der Waals surface area (Å²) in [6, 6.07) is 5.39. The van der Waals surface area contributed by atoms with Crippen molar-refractivity contribution in [3.8, 4) is 11.1 Å². The zero-order chi connectivity index (χ0) is 21.0. The van der Waals surface area contributed by atoms with E-state index in [1.807, 2.05) is 0 Å². The lowest BCUT2D eigenvalue weighted by molar-refractivity contribution is 0.497. The molecule has 3 heterocycles. The van der Waals surface area contributed by atoms with Crippen LogP contribution in [-0.2, 0) is 6.54 Å². The first-order valence-electron chi connectivity index (χ1n) is 9.78. The first-order chi connectivity index (χ1) is 14.5. The molecule has 1 fully saturated rings. The molecule has 0 radical (unpaired) electrons. The van der Waals surface area contributed by atoms with E-state index in [0.29, 0.717) is 28.7 Å². The van der Waals surface area contributed by atoms with Gasteiger partial charge >= 0.3 is 5.69 Å². The topological polar surface area (TPSA) is 50.2 Å². The largest absolute Gasteiger partial charge is 0.351 e. The Bertz CT molecular complexity index is 1230. The highest BCUT2D eigenvalue weighted by Crippen LogP contribution is 2.46. The van der Waals surface area contributed by atoms with Crippen LogP contribution in [0, 0.1) is 11.6 Å². The molecule has 0 aliphatic carbocycles. The van der Waals surface area contributed by atoms with Crippen LogP contribution in [0.15, 0.2) is 34.0 Å². The maximum absolute atomic E-state index is 14.6. The summed E-state index contributed by atoms with van der Waals surface area (Å²) in [7, 11) is 0. The van der Waals surface area contributed by atoms with Gasteiger partial charge < -0.3 is 10.2 Å². The maximum atomic E-state index is 14.6. The Hall–Kier alpha value is -2.16. The summed E-state index contributed by atoms with van der Waals surface area (Å²) >= 11 is 8.21. The van der Waals surface area contributed by atoms with Crippen LogP contribution in [0.1, 0.15) is 6.92 Å². The third-order valence-corrected chi connectivity index (χ3v) is 7.06. The second-order valence-electron chi connectivity index (χ2n) is 7.55. The van der Waals surface area contributed by atoms with E-state index < -0.39 is 11.6 Å². The van der Waals surface area contributed by atoms with Crippen molar-refractivity contribution in [1.82, 2.24) is 14.9 Å². The van der Waals surface area contributed by atoms with Crippen LogP contribution in [0.5, 0.6) is 0 Å². The quantitative estimate of drug-likeness (QED) is 0.644. The summed E-state index contributed by atoms with van der Waals surface area (Å²) in [5, 5.41) is 4.47. The summed E-state index contributed by atoms with van der Waals surface area (Å²) in [5.41, 5.74) is 1.11. The number of aryl methyl sites for hydroxylation is 1. The van der Waals surface area contributed by atoms with Gasteiger partial charge in [-0.2, -0.15) is 4.98 Å². The van der Waals surface area contributed by atoms with Crippen molar-refractivity contribution in [2.45, 2.75) is 24.4 Å². The molecule has 1 aromatic heterocycles. The molecule has 2 aliphatic heterocycles. The van der Waals surface area contributed by atoms with Crippen LogP contribution in [0.3, 0.4) is 0 Å². The van der Waals surface area contributed by atoms with Gasteiger partial charge in [-0.25, -0.2) is 13.6 Å². The molecular formula is C21H19ClF2N4OS. The molecule has 9 heteroatoms. The Morgan fingerprint density at radius 1 is 1.27 bits per heavy atom. The molecule has 3 aromatic rings. The number of nitrogens with one attached hydrogen (secondary N) is 1. The highest BCUT2D eigenvalue weighted by Gasteiger charge is 2.28. The lowest BCUT2D eigenvalue weighted by atomic mass is 10.0. The highest BCUT2D eigenvalue weighted by molar-refractivity contribution is 7.99. The smallest absolute Gasteiger partial charge is 0.350 e. The second kappa shape index (κ2) is 7.51. The Morgan fingerprint density at radius 2 is 2.10 bits per heavy atom. The summed E-state index contributed by atoms with van der Waals surface area (Å²) in [4.78, 5) is 20.2. The molecule has 5 nitrogen and oxygen atoms in total. The first-order valence-corrected chi connectivity index (χ1v) is 11.1. The summed E-state index contributed by atoms with van der Waals surface area (Å²) in [6.07, 6.45) is 0. The Labute approximate surface area is 181 Å². The summed E-state index contributed by atoms with van der Waals surface area (Å²) in [5.74, 6) is -0.0800. The van der Waals surface area contributed by atoms with Gasteiger partial charge in [0.05, 0.1) is 10.5 Å². The number of piperazine rings is 1. The second-order valence-corrected chi connectivity index (χ2v) is 9.06. The number of thioether (sulfide) groups is 1. The van der Waals surface area contributed by atoms with E-state index in [-0.39, 0.29) is 17.3 Å². The zero-order valence-electron chi connectivity index (χ0n) is 16.2. The molecule has 0 bridgehead atoms. The maximum Gasteiger partial charge on any atom is 0.350 e. The fraction of sp³-hybridized carbons (Fsp3) is 0.333. The monoisotopic (exact) mass is 448 g/mol. The number of rotatable bonds is 2. The van der Waals surface area contributed by atoms with Crippen LogP contribution in [0.25, 0.3) is 22.0 Å².